The number of carbonyl (C=O) groups is 1. The minimum Gasteiger partial charge on any atom is -0.497 e. The second kappa shape index (κ2) is 6.36. The molecule has 23 heavy (non-hydrogen) atoms. The number of ether oxygens (including phenoxy) is 1. The number of nitrogens with zero attached hydrogens (tertiary/aromatic N) is 2. The van der Waals surface area contributed by atoms with Crippen LogP contribution in [0.5, 0.6) is 5.75 Å². The zero-order chi connectivity index (χ0) is 16.2. The molecule has 0 aliphatic heterocycles. The quantitative estimate of drug-likeness (QED) is 0.729. The highest BCUT2D eigenvalue weighted by Crippen LogP contribution is 2.26. The van der Waals surface area contributed by atoms with E-state index in [9.17, 15) is 4.79 Å². The van der Waals surface area contributed by atoms with Gasteiger partial charge in [-0.25, -0.2) is 4.68 Å². The Balaban J connectivity index is 2.00. The van der Waals surface area contributed by atoms with E-state index in [0.717, 1.165) is 23.5 Å². The van der Waals surface area contributed by atoms with Crippen molar-refractivity contribution in [2.75, 3.05) is 12.4 Å². The number of methoxy groups -OCH3 is 1. The third-order valence-corrected chi connectivity index (χ3v) is 3.48. The molecule has 5 nitrogen and oxygen atoms in total. The SMILES string of the molecule is COc1ccc(Nc2cc(C)nn2-c2ccccc2)c(C=O)c1. The van der Waals surface area contributed by atoms with Crippen LogP contribution in [0.4, 0.5) is 11.5 Å². The van der Waals surface area contributed by atoms with Gasteiger partial charge in [0.25, 0.3) is 0 Å². The summed E-state index contributed by atoms with van der Waals surface area (Å²) in [5, 5.41) is 7.78. The minimum atomic E-state index is 0.530. The number of anilines is 2. The summed E-state index contributed by atoms with van der Waals surface area (Å²) in [6.07, 6.45) is 0.806. The minimum absolute atomic E-state index is 0.530. The lowest BCUT2D eigenvalue weighted by atomic mass is 10.2. The standard InChI is InChI=1S/C18H17N3O2/c1-13-10-18(21(20-13)15-6-4-3-5-7-15)19-17-9-8-16(23-2)11-14(17)12-22/h3-12,19H,1-2H3. The van der Waals surface area contributed by atoms with Crippen molar-refractivity contribution in [1.82, 2.24) is 9.78 Å². The molecule has 0 radical (unpaired) electrons. The molecule has 1 heterocycles. The highest BCUT2D eigenvalue weighted by Gasteiger charge is 2.10. The molecule has 3 aromatic rings. The number of benzene rings is 2. The Kier molecular flexibility index (Phi) is 4.10. The molecule has 0 amide bonds. The molecule has 1 aromatic heterocycles. The number of aldehydes is 1. The number of hydrogen-bond donors (Lipinski definition) is 1. The van der Waals surface area contributed by atoms with E-state index in [1.54, 1.807) is 13.2 Å². The lowest BCUT2D eigenvalue weighted by Gasteiger charge is -2.12. The first kappa shape index (κ1) is 14.8. The number of aromatic nitrogens is 2. The average Bonchev–Trinajstić information content (AvgIpc) is 2.96. The molecule has 0 unspecified atom stereocenters. The normalized spacial score (nSPS) is 10.3. The number of rotatable bonds is 5. The van der Waals surface area contributed by atoms with E-state index in [0.29, 0.717) is 17.0 Å². The van der Waals surface area contributed by atoms with Crippen LogP contribution in [0.1, 0.15) is 16.1 Å². The predicted octanol–water partition coefficient (Wildman–Crippen LogP) is 3.75. The highest BCUT2D eigenvalue weighted by molar-refractivity contribution is 5.86. The number of nitrogens with one attached hydrogen (secondary N) is 1. The maximum Gasteiger partial charge on any atom is 0.152 e. The molecular weight excluding hydrogens is 290 g/mol. The third kappa shape index (κ3) is 3.08. The maximum absolute atomic E-state index is 11.3. The zero-order valence-corrected chi connectivity index (χ0v) is 13.0. The highest BCUT2D eigenvalue weighted by atomic mass is 16.5. The van der Waals surface area contributed by atoms with Gasteiger partial charge >= 0.3 is 0 Å². The fraction of sp³-hybridized carbons (Fsp3) is 0.111. The van der Waals surface area contributed by atoms with E-state index in [2.05, 4.69) is 10.4 Å². The topological polar surface area (TPSA) is 56.1 Å². The van der Waals surface area contributed by atoms with Crippen molar-refractivity contribution >= 4 is 17.8 Å². The van der Waals surface area contributed by atoms with Gasteiger partial charge in [-0.05, 0) is 37.3 Å². The molecule has 0 saturated heterocycles. The Morgan fingerprint density at radius 2 is 1.91 bits per heavy atom. The van der Waals surface area contributed by atoms with Gasteiger partial charge in [0, 0.05) is 11.6 Å². The van der Waals surface area contributed by atoms with Crippen LogP contribution in [0.15, 0.2) is 54.6 Å². The van der Waals surface area contributed by atoms with Crippen LogP contribution in [0.3, 0.4) is 0 Å². The van der Waals surface area contributed by atoms with Crippen LogP contribution in [-0.2, 0) is 0 Å². The first-order valence-electron chi connectivity index (χ1n) is 7.23. The Hall–Kier alpha value is -3.08. The fourth-order valence-electron chi connectivity index (χ4n) is 2.37. The van der Waals surface area contributed by atoms with Crippen molar-refractivity contribution in [1.29, 1.82) is 0 Å². The lowest BCUT2D eigenvalue weighted by molar-refractivity contribution is 0.112. The van der Waals surface area contributed by atoms with Crippen LogP contribution >= 0.6 is 0 Å². The second-order valence-electron chi connectivity index (χ2n) is 5.11. The molecule has 3 rings (SSSR count). The van der Waals surface area contributed by atoms with Gasteiger partial charge in [-0.1, -0.05) is 18.2 Å². The van der Waals surface area contributed by atoms with Gasteiger partial charge in [0.2, 0.25) is 0 Å². The summed E-state index contributed by atoms with van der Waals surface area (Å²) in [6, 6.07) is 17.1. The Labute approximate surface area is 134 Å². The second-order valence-corrected chi connectivity index (χ2v) is 5.11. The van der Waals surface area contributed by atoms with Crippen molar-refractivity contribution in [3.05, 3.63) is 65.9 Å². The summed E-state index contributed by atoms with van der Waals surface area (Å²) < 4.78 is 6.97. The molecule has 0 fully saturated rings. The Morgan fingerprint density at radius 1 is 1.13 bits per heavy atom. The van der Waals surface area contributed by atoms with E-state index in [-0.39, 0.29) is 0 Å². The molecular formula is C18H17N3O2. The summed E-state index contributed by atoms with van der Waals surface area (Å²) in [7, 11) is 1.57. The number of para-hydroxylation sites is 1. The van der Waals surface area contributed by atoms with Crippen molar-refractivity contribution in [2.45, 2.75) is 6.92 Å². The molecule has 0 aliphatic carbocycles. The van der Waals surface area contributed by atoms with Gasteiger partial charge in [0.1, 0.15) is 11.6 Å². The molecule has 0 spiro atoms. The van der Waals surface area contributed by atoms with Crippen molar-refractivity contribution in [3.8, 4) is 11.4 Å². The van der Waals surface area contributed by atoms with Crippen LogP contribution in [-0.4, -0.2) is 23.2 Å². The number of hydrogen-bond acceptors (Lipinski definition) is 4. The molecule has 116 valence electrons. The van der Waals surface area contributed by atoms with Crippen LogP contribution in [0, 0.1) is 6.92 Å². The fourth-order valence-corrected chi connectivity index (χ4v) is 2.37. The molecule has 0 saturated carbocycles. The molecule has 2 aromatic carbocycles. The van der Waals surface area contributed by atoms with Gasteiger partial charge in [-0.3, -0.25) is 4.79 Å². The van der Waals surface area contributed by atoms with Gasteiger partial charge in [-0.2, -0.15) is 5.10 Å². The van der Waals surface area contributed by atoms with Crippen LogP contribution < -0.4 is 10.1 Å². The van der Waals surface area contributed by atoms with E-state index in [1.165, 1.54) is 0 Å². The number of carbonyl (C=O) groups excluding carboxylic acids is 1. The summed E-state index contributed by atoms with van der Waals surface area (Å²) >= 11 is 0. The van der Waals surface area contributed by atoms with Crippen LogP contribution in [0.2, 0.25) is 0 Å². The molecule has 1 N–H and O–H groups in total. The first-order chi connectivity index (χ1) is 11.2. The summed E-state index contributed by atoms with van der Waals surface area (Å²) in [6.45, 7) is 1.93. The van der Waals surface area contributed by atoms with E-state index >= 15 is 0 Å². The van der Waals surface area contributed by atoms with Gasteiger partial charge < -0.3 is 10.1 Å². The maximum atomic E-state index is 11.3. The summed E-state index contributed by atoms with van der Waals surface area (Å²) in [4.78, 5) is 11.3. The summed E-state index contributed by atoms with van der Waals surface area (Å²) in [5.74, 6) is 1.44. The smallest absolute Gasteiger partial charge is 0.152 e. The monoisotopic (exact) mass is 307 g/mol. The Bertz CT molecular complexity index is 826. The average molecular weight is 307 g/mol. The van der Waals surface area contributed by atoms with Gasteiger partial charge in [0.15, 0.2) is 6.29 Å². The van der Waals surface area contributed by atoms with E-state index in [4.69, 9.17) is 4.74 Å². The lowest BCUT2D eigenvalue weighted by Crippen LogP contribution is -2.04. The third-order valence-electron chi connectivity index (χ3n) is 3.48. The van der Waals surface area contributed by atoms with Crippen molar-refractivity contribution < 1.29 is 9.53 Å². The van der Waals surface area contributed by atoms with Gasteiger partial charge in [0.05, 0.1) is 24.2 Å². The van der Waals surface area contributed by atoms with E-state index in [1.807, 2.05) is 60.1 Å². The number of aryl methyl sites for hydroxylation is 1. The van der Waals surface area contributed by atoms with Crippen molar-refractivity contribution in [3.63, 3.8) is 0 Å². The van der Waals surface area contributed by atoms with Gasteiger partial charge in [-0.15, -0.1) is 0 Å². The molecule has 0 atom stereocenters. The van der Waals surface area contributed by atoms with Crippen LogP contribution in [0.25, 0.3) is 5.69 Å². The van der Waals surface area contributed by atoms with E-state index < -0.39 is 0 Å². The molecule has 5 heteroatoms. The Morgan fingerprint density at radius 3 is 2.61 bits per heavy atom. The first-order valence-corrected chi connectivity index (χ1v) is 7.23. The zero-order valence-electron chi connectivity index (χ0n) is 13.0. The predicted molar refractivity (Wildman–Crippen MR) is 90.0 cm³/mol. The van der Waals surface area contributed by atoms with Crippen molar-refractivity contribution in [2.24, 2.45) is 0 Å². The molecule has 0 aliphatic rings. The summed E-state index contributed by atoms with van der Waals surface area (Å²) in [5.41, 5.74) is 3.07. The molecule has 0 bridgehead atoms. The largest absolute Gasteiger partial charge is 0.497 e.